The molecule has 0 saturated carbocycles. The zero-order chi connectivity index (χ0) is 13.0. The highest BCUT2D eigenvalue weighted by molar-refractivity contribution is 8.00. The minimum Gasteiger partial charge on any atom is -0.477 e. The van der Waals surface area contributed by atoms with E-state index in [4.69, 9.17) is 5.11 Å². The third kappa shape index (κ3) is 3.05. The van der Waals surface area contributed by atoms with Crippen molar-refractivity contribution in [2.75, 3.05) is 0 Å². The second-order valence-corrected chi connectivity index (χ2v) is 5.68. The first-order valence-electron chi connectivity index (χ1n) is 5.34. The molecular weight excluding hydrogens is 274 g/mol. The zero-order valence-corrected chi connectivity index (χ0v) is 11.2. The molecular formula is C9H11N5O2S2. The Morgan fingerprint density at radius 1 is 1.61 bits per heavy atom. The molecule has 0 spiro atoms. The molecule has 0 radical (unpaired) electrons. The molecule has 0 unspecified atom stereocenters. The van der Waals surface area contributed by atoms with Crippen LogP contribution >= 0.6 is 23.1 Å². The monoisotopic (exact) mass is 285 g/mol. The number of carboxylic acid groups (broad SMARTS) is 1. The average Bonchev–Trinajstić information content (AvgIpc) is 2.96. The third-order valence-corrected chi connectivity index (χ3v) is 4.13. The van der Waals surface area contributed by atoms with Crippen molar-refractivity contribution in [1.29, 1.82) is 0 Å². The van der Waals surface area contributed by atoms with Crippen LogP contribution < -0.4 is 0 Å². The SMILES string of the molecule is CCCCn1nnnc1Sc1ncc(C(=O)O)s1. The lowest BCUT2D eigenvalue weighted by Crippen LogP contribution is -2.01. The molecule has 2 aromatic heterocycles. The summed E-state index contributed by atoms with van der Waals surface area (Å²) in [6, 6.07) is 0. The van der Waals surface area contributed by atoms with Gasteiger partial charge >= 0.3 is 5.97 Å². The Labute approximate surface area is 111 Å². The molecule has 0 aliphatic carbocycles. The van der Waals surface area contributed by atoms with Crippen LogP contribution in [0.3, 0.4) is 0 Å². The predicted molar refractivity (Wildman–Crippen MR) is 65.9 cm³/mol. The predicted octanol–water partition coefficient (Wildman–Crippen LogP) is 1.78. The third-order valence-electron chi connectivity index (χ3n) is 2.10. The van der Waals surface area contributed by atoms with Gasteiger partial charge in [-0.25, -0.2) is 14.5 Å². The number of hydrogen-bond donors (Lipinski definition) is 1. The number of carbonyl (C=O) groups is 1. The number of unbranched alkanes of at least 4 members (excludes halogenated alkanes) is 1. The molecule has 0 aliphatic heterocycles. The Kier molecular flexibility index (Phi) is 4.26. The summed E-state index contributed by atoms with van der Waals surface area (Å²) in [5, 5.41) is 20.8. The number of thiazole rings is 1. The van der Waals surface area contributed by atoms with Crippen molar-refractivity contribution in [3.8, 4) is 0 Å². The second kappa shape index (κ2) is 5.91. The van der Waals surface area contributed by atoms with E-state index in [-0.39, 0.29) is 4.88 Å². The normalized spacial score (nSPS) is 10.7. The molecule has 2 aromatic rings. The van der Waals surface area contributed by atoms with Gasteiger partial charge < -0.3 is 5.11 Å². The van der Waals surface area contributed by atoms with Crippen molar-refractivity contribution in [2.45, 2.75) is 35.8 Å². The van der Waals surface area contributed by atoms with Gasteiger partial charge in [0.05, 0.1) is 6.20 Å². The topological polar surface area (TPSA) is 93.8 Å². The first-order valence-corrected chi connectivity index (χ1v) is 6.97. The maximum absolute atomic E-state index is 10.7. The van der Waals surface area contributed by atoms with E-state index in [0.29, 0.717) is 9.50 Å². The minimum atomic E-state index is -0.968. The standard InChI is InChI=1S/C9H11N5O2S2/c1-2-3-4-14-8(11-12-13-14)18-9-10-5-6(17-9)7(15)16/h5H,2-4H2,1H3,(H,15,16). The van der Waals surface area contributed by atoms with Crippen LogP contribution in [0.25, 0.3) is 0 Å². The van der Waals surface area contributed by atoms with E-state index < -0.39 is 5.97 Å². The number of aromatic nitrogens is 5. The van der Waals surface area contributed by atoms with Crippen molar-refractivity contribution in [1.82, 2.24) is 25.2 Å². The van der Waals surface area contributed by atoms with E-state index in [9.17, 15) is 4.79 Å². The van der Waals surface area contributed by atoms with Gasteiger partial charge in [-0.1, -0.05) is 13.3 Å². The fraction of sp³-hybridized carbons (Fsp3) is 0.444. The number of tetrazole rings is 1. The molecule has 7 nitrogen and oxygen atoms in total. The number of nitrogens with zero attached hydrogens (tertiary/aromatic N) is 5. The molecule has 96 valence electrons. The molecule has 2 rings (SSSR count). The summed E-state index contributed by atoms with van der Waals surface area (Å²) in [7, 11) is 0. The van der Waals surface area contributed by atoms with E-state index in [1.165, 1.54) is 18.0 Å². The fourth-order valence-electron chi connectivity index (χ4n) is 1.20. The van der Waals surface area contributed by atoms with Crippen LogP contribution in [-0.2, 0) is 6.54 Å². The van der Waals surface area contributed by atoms with E-state index in [1.807, 2.05) is 0 Å². The van der Waals surface area contributed by atoms with Gasteiger partial charge in [0.2, 0.25) is 5.16 Å². The minimum absolute atomic E-state index is 0.213. The molecule has 1 N–H and O–H groups in total. The van der Waals surface area contributed by atoms with Crippen LogP contribution in [0.2, 0.25) is 0 Å². The van der Waals surface area contributed by atoms with Crippen LogP contribution in [0.15, 0.2) is 15.7 Å². The summed E-state index contributed by atoms with van der Waals surface area (Å²) in [6.07, 6.45) is 3.40. The first kappa shape index (κ1) is 13.0. The summed E-state index contributed by atoms with van der Waals surface area (Å²) in [6.45, 7) is 2.85. The van der Waals surface area contributed by atoms with Crippen LogP contribution in [0.4, 0.5) is 0 Å². The van der Waals surface area contributed by atoms with Crippen molar-refractivity contribution < 1.29 is 9.90 Å². The number of aromatic carboxylic acids is 1. The number of hydrogen-bond acceptors (Lipinski definition) is 7. The van der Waals surface area contributed by atoms with E-state index in [2.05, 4.69) is 27.4 Å². The number of aryl methyl sites for hydroxylation is 1. The Morgan fingerprint density at radius 2 is 2.44 bits per heavy atom. The Hall–Kier alpha value is -1.48. The molecule has 0 amide bonds. The smallest absolute Gasteiger partial charge is 0.347 e. The molecule has 0 fully saturated rings. The lowest BCUT2D eigenvalue weighted by atomic mass is 10.3. The Bertz CT molecular complexity index is 539. The zero-order valence-electron chi connectivity index (χ0n) is 9.61. The van der Waals surface area contributed by atoms with Gasteiger partial charge in [0, 0.05) is 6.54 Å². The highest BCUT2D eigenvalue weighted by Crippen LogP contribution is 2.29. The van der Waals surface area contributed by atoms with Crippen molar-refractivity contribution in [2.24, 2.45) is 0 Å². The van der Waals surface area contributed by atoms with Crippen molar-refractivity contribution in [3.63, 3.8) is 0 Å². The lowest BCUT2D eigenvalue weighted by molar-refractivity contribution is 0.0702. The molecule has 0 aromatic carbocycles. The summed E-state index contributed by atoms with van der Waals surface area (Å²) < 4.78 is 2.33. The van der Waals surface area contributed by atoms with Gasteiger partial charge in [0.1, 0.15) is 4.88 Å². The molecule has 0 saturated heterocycles. The van der Waals surface area contributed by atoms with Gasteiger partial charge in [-0.05, 0) is 28.6 Å². The van der Waals surface area contributed by atoms with Crippen molar-refractivity contribution in [3.05, 3.63) is 11.1 Å². The van der Waals surface area contributed by atoms with Gasteiger partial charge in [-0.3, -0.25) is 0 Å². The van der Waals surface area contributed by atoms with E-state index in [1.54, 1.807) is 4.68 Å². The van der Waals surface area contributed by atoms with E-state index in [0.717, 1.165) is 30.7 Å². The summed E-state index contributed by atoms with van der Waals surface area (Å²) in [5.74, 6) is -0.968. The van der Waals surface area contributed by atoms with Gasteiger partial charge in [0.15, 0.2) is 4.34 Å². The van der Waals surface area contributed by atoms with Crippen molar-refractivity contribution >= 4 is 29.1 Å². The quantitative estimate of drug-likeness (QED) is 0.864. The van der Waals surface area contributed by atoms with Gasteiger partial charge in [-0.2, -0.15) is 0 Å². The summed E-state index contributed by atoms with van der Waals surface area (Å²) in [5.41, 5.74) is 0. The highest BCUT2D eigenvalue weighted by atomic mass is 32.2. The van der Waals surface area contributed by atoms with Gasteiger partial charge in [-0.15, -0.1) is 16.4 Å². The lowest BCUT2D eigenvalue weighted by Gasteiger charge is -2.00. The molecule has 0 aliphatic rings. The van der Waals surface area contributed by atoms with E-state index >= 15 is 0 Å². The Morgan fingerprint density at radius 3 is 3.11 bits per heavy atom. The maximum atomic E-state index is 10.7. The first-order chi connectivity index (χ1) is 8.70. The van der Waals surface area contributed by atoms with Gasteiger partial charge in [0.25, 0.3) is 0 Å². The van der Waals surface area contributed by atoms with Crippen LogP contribution in [0.1, 0.15) is 29.4 Å². The molecule has 2 heterocycles. The molecule has 0 atom stereocenters. The average molecular weight is 285 g/mol. The van der Waals surface area contributed by atoms with Crippen LogP contribution in [0.5, 0.6) is 0 Å². The Balaban J connectivity index is 2.08. The molecule has 18 heavy (non-hydrogen) atoms. The summed E-state index contributed by atoms with van der Waals surface area (Å²) >= 11 is 2.40. The fourth-order valence-corrected chi connectivity index (χ4v) is 2.92. The second-order valence-electron chi connectivity index (χ2n) is 3.44. The largest absolute Gasteiger partial charge is 0.477 e. The molecule has 9 heteroatoms. The highest BCUT2D eigenvalue weighted by Gasteiger charge is 2.13. The maximum Gasteiger partial charge on any atom is 0.347 e. The number of carboxylic acids is 1. The number of rotatable bonds is 6. The van der Waals surface area contributed by atoms with Crippen LogP contribution in [0, 0.1) is 0 Å². The van der Waals surface area contributed by atoms with Crippen LogP contribution in [-0.4, -0.2) is 36.3 Å². The summed E-state index contributed by atoms with van der Waals surface area (Å²) in [4.78, 5) is 15.0. The molecule has 0 bridgehead atoms.